The van der Waals surface area contributed by atoms with Crippen LogP contribution in [0.15, 0.2) is 59.6 Å². The second-order valence-electron chi connectivity index (χ2n) is 10.3. The summed E-state index contributed by atoms with van der Waals surface area (Å²) in [6.45, 7) is 0.522. The highest BCUT2D eigenvalue weighted by atomic mass is 35.5. The first kappa shape index (κ1) is 31.0. The third-order valence-electron chi connectivity index (χ3n) is 7.10. The number of carbonyl (C=O) groups is 4. The van der Waals surface area contributed by atoms with Crippen LogP contribution in [0.3, 0.4) is 0 Å². The molecule has 0 unspecified atom stereocenters. The van der Waals surface area contributed by atoms with E-state index in [4.69, 9.17) is 16.3 Å². The number of aliphatic imine (C=N–C) groups is 1. The van der Waals surface area contributed by atoms with Crippen LogP contribution in [0.25, 0.3) is 0 Å². The predicted molar refractivity (Wildman–Crippen MR) is 155 cm³/mol. The molecule has 0 aromatic heterocycles. The van der Waals surface area contributed by atoms with E-state index in [0.717, 1.165) is 44.1 Å². The van der Waals surface area contributed by atoms with E-state index in [1.165, 1.54) is 0 Å². The van der Waals surface area contributed by atoms with E-state index in [2.05, 4.69) is 10.3 Å². The van der Waals surface area contributed by atoms with Crippen LogP contribution in [0.1, 0.15) is 62.5 Å². The molecule has 1 aliphatic rings. The number of rotatable bonds is 13. The van der Waals surface area contributed by atoms with Crippen LogP contribution in [-0.4, -0.2) is 54.4 Å². The van der Waals surface area contributed by atoms with Crippen LogP contribution < -0.4 is 5.32 Å². The van der Waals surface area contributed by atoms with Crippen LogP contribution in [0.5, 0.6) is 0 Å². The van der Waals surface area contributed by atoms with Crippen molar-refractivity contribution in [1.82, 2.24) is 10.2 Å². The Labute approximate surface area is 241 Å². The van der Waals surface area contributed by atoms with E-state index in [1.807, 2.05) is 30.3 Å². The minimum atomic E-state index is -0.877. The molecule has 0 aliphatic heterocycles. The van der Waals surface area contributed by atoms with Crippen molar-refractivity contribution in [3.63, 3.8) is 0 Å². The Morgan fingerprint density at radius 1 is 1.07 bits per heavy atom. The molecular weight excluding hydrogens is 530 g/mol. The Hall–Kier alpha value is -3.52. The topological polar surface area (TPSA) is 105 Å². The molecule has 0 bridgehead atoms. The first-order valence-electron chi connectivity index (χ1n) is 13.9. The van der Waals surface area contributed by atoms with Crippen molar-refractivity contribution in [2.24, 2.45) is 10.9 Å². The maximum atomic E-state index is 13.2. The van der Waals surface area contributed by atoms with Gasteiger partial charge in [-0.25, -0.2) is 4.79 Å². The largest absolute Gasteiger partial charge is 0.443 e. The van der Waals surface area contributed by atoms with Gasteiger partial charge in [0.1, 0.15) is 18.6 Å². The average Bonchev–Trinajstić information content (AvgIpc) is 2.97. The van der Waals surface area contributed by atoms with Gasteiger partial charge in [-0.15, -0.1) is 0 Å². The molecule has 2 aromatic carbocycles. The Bertz CT molecular complexity index is 1160. The van der Waals surface area contributed by atoms with Gasteiger partial charge in [-0.2, -0.15) is 4.99 Å². The molecule has 3 rings (SSSR count). The summed E-state index contributed by atoms with van der Waals surface area (Å²) in [6.07, 6.45) is 6.23. The van der Waals surface area contributed by atoms with Gasteiger partial charge < -0.3 is 19.7 Å². The SMILES string of the molecule is CN(CCc1ccccc1)C(=O)CC[C@@H](C=O)NC(=O)/C(CC1CCCCC1)=N/C(=O)OCc1cccc(Cl)c1. The van der Waals surface area contributed by atoms with Crippen molar-refractivity contribution in [3.8, 4) is 0 Å². The summed E-state index contributed by atoms with van der Waals surface area (Å²) < 4.78 is 5.26. The molecule has 214 valence electrons. The van der Waals surface area contributed by atoms with Crippen LogP contribution in [0, 0.1) is 5.92 Å². The minimum Gasteiger partial charge on any atom is -0.443 e. The summed E-state index contributed by atoms with van der Waals surface area (Å²) in [5.74, 6) is -0.474. The summed E-state index contributed by atoms with van der Waals surface area (Å²) in [6, 6.07) is 15.9. The van der Waals surface area contributed by atoms with Gasteiger partial charge in [0.2, 0.25) is 5.91 Å². The molecule has 40 heavy (non-hydrogen) atoms. The summed E-state index contributed by atoms with van der Waals surface area (Å²) in [4.78, 5) is 55.7. The first-order chi connectivity index (χ1) is 19.3. The molecule has 9 heteroatoms. The molecule has 1 fully saturated rings. The molecule has 0 spiro atoms. The number of hydrogen-bond acceptors (Lipinski definition) is 5. The van der Waals surface area contributed by atoms with Crippen molar-refractivity contribution >= 4 is 41.5 Å². The standard InChI is InChI=1S/C31H38ClN3O5/c1-35(18-17-23-9-4-2-5-10-23)29(37)16-15-27(21-36)33-30(38)28(20-24-11-6-3-7-12-24)34-31(39)40-22-25-13-8-14-26(32)19-25/h2,4-5,8-10,13-14,19,21,24,27H,3,6-7,11-12,15-18,20,22H2,1H3,(H,33,38)/b34-28+/t27-/m0/s1. The summed E-state index contributed by atoms with van der Waals surface area (Å²) in [5, 5.41) is 3.18. The van der Waals surface area contributed by atoms with Crippen molar-refractivity contribution in [2.45, 2.75) is 70.4 Å². The number of nitrogens with one attached hydrogen (secondary N) is 1. The average molecular weight is 568 g/mol. The lowest BCUT2D eigenvalue weighted by Crippen LogP contribution is -2.42. The summed E-state index contributed by atoms with van der Waals surface area (Å²) in [7, 11) is 1.73. The van der Waals surface area contributed by atoms with E-state index < -0.39 is 18.0 Å². The molecule has 8 nitrogen and oxygen atoms in total. The lowest BCUT2D eigenvalue weighted by Gasteiger charge is -2.22. The van der Waals surface area contributed by atoms with E-state index in [9.17, 15) is 19.2 Å². The highest BCUT2D eigenvalue weighted by molar-refractivity contribution is 6.40. The second kappa shape index (κ2) is 16.6. The fourth-order valence-electron chi connectivity index (χ4n) is 4.73. The molecule has 1 saturated carbocycles. The van der Waals surface area contributed by atoms with E-state index in [-0.39, 0.29) is 37.0 Å². The quantitative estimate of drug-likeness (QED) is 0.252. The molecule has 3 amide bonds. The van der Waals surface area contributed by atoms with Crippen LogP contribution in [0.2, 0.25) is 5.02 Å². The van der Waals surface area contributed by atoms with Crippen LogP contribution in [0.4, 0.5) is 4.79 Å². The molecule has 1 atom stereocenters. The predicted octanol–water partition coefficient (Wildman–Crippen LogP) is 5.55. The van der Waals surface area contributed by atoms with Gasteiger partial charge in [0.25, 0.3) is 5.91 Å². The van der Waals surface area contributed by atoms with Crippen LogP contribution >= 0.6 is 11.6 Å². The summed E-state index contributed by atoms with van der Waals surface area (Å²) >= 11 is 5.99. The minimum absolute atomic E-state index is 0.0297. The highest BCUT2D eigenvalue weighted by Gasteiger charge is 2.24. The van der Waals surface area contributed by atoms with Gasteiger partial charge in [0.05, 0.1) is 6.04 Å². The second-order valence-corrected chi connectivity index (χ2v) is 10.7. The zero-order valence-corrected chi connectivity index (χ0v) is 23.8. The Kier molecular flexibility index (Phi) is 12.8. The van der Waals surface area contributed by atoms with E-state index in [0.29, 0.717) is 29.8 Å². The number of ether oxygens (including phenoxy) is 1. The van der Waals surface area contributed by atoms with Gasteiger partial charge >= 0.3 is 6.09 Å². The lowest BCUT2D eigenvalue weighted by molar-refractivity contribution is -0.130. The van der Waals surface area contributed by atoms with Crippen molar-refractivity contribution in [2.75, 3.05) is 13.6 Å². The number of hydrogen-bond donors (Lipinski definition) is 1. The number of nitrogens with zero attached hydrogens (tertiary/aromatic N) is 2. The number of halogens is 1. The molecule has 1 N–H and O–H groups in total. The third kappa shape index (κ3) is 10.9. The maximum absolute atomic E-state index is 13.2. The zero-order chi connectivity index (χ0) is 28.7. The fourth-order valence-corrected chi connectivity index (χ4v) is 4.94. The number of aldehydes is 1. The first-order valence-corrected chi connectivity index (χ1v) is 14.2. The molecule has 1 aliphatic carbocycles. The highest BCUT2D eigenvalue weighted by Crippen LogP contribution is 2.27. The molecule has 0 radical (unpaired) electrons. The monoisotopic (exact) mass is 567 g/mol. The molecule has 0 heterocycles. The zero-order valence-electron chi connectivity index (χ0n) is 23.0. The van der Waals surface area contributed by atoms with Crippen molar-refractivity contribution in [1.29, 1.82) is 0 Å². The number of amides is 3. The van der Waals surface area contributed by atoms with Gasteiger partial charge in [0, 0.05) is 25.0 Å². The maximum Gasteiger partial charge on any atom is 0.434 e. The Morgan fingerprint density at radius 3 is 2.50 bits per heavy atom. The van der Waals surface area contributed by atoms with Crippen molar-refractivity contribution < 1.29 is 23.9 Å². The molecule has 2 aromatic rings. The molecule has 0 saturated heterocycles. The van der Waals surface area contributed by atoms with Gasteiger partial charge in [-0.3, -0.25) is 9.59 Å². The number of benzene rings is 2. The number of carbonyl (C=O) groups excluding carboxylic acids is 4. The van der Waals surface area contributed by atoms with Crippen LogP contribution in [-0.2, 0) is 32.1 Å². The van der Waals surface area contributed by atoms with Gasteiger partial charge in [-0.05, 0) is 48.4 Å². The van der Waals surface area contributed by atoms with Gasteiger partial charge in [-0.1, -0.05) is 86.2 Å². The van der Waals surface area contributed by atoms with E-state index in [1.54, 1.807) is 36.2 Å². The third-order valence-corrected chi connectivity index (χ3v) is 7.34. The smallest absolute Gasteiger partial charge is 0.434 e. The number of likely N-dealkylation sites (N-methyl/N-ethyl adjacent to an activating group) is 1. The lowest BCUT2D eigenvalue weighted by atomic mass is 9.85. The molecular formula is C31H38ClN3O5. The summed E-state index contributed by atoms with van der Waals surface area (Å²) in [5.41, 5.74) is 1.88. The van der Waals surface area contributed by atoms with Crippen molar-refractivity contribution in [3.05, 3.63) is 70.7 Å². The Morgan fingerprint density at radius 2 is 1.80 bits per heavy atom. The van der Waals surface area contributed by atoms with E-state index >= 15 is 0 Å². The Balaban J connectivity index is 1.56. The van der Waals surface area contributed by atoms with Gasteiger partial charge in [0.15, 0.2) is 0 Å². The fraction of sp³-hybridized carbons (Fsp3) is 0.452. The normalized spacial score (nSPS) is 14.7.